The molecule has 32 heavy (non-hydrogen) atoms. The summed E-state index contributed by atoms with van der Waals surface area (Å²) < 4.78 is 66.5. The van der Waals surface area contributed by atoms with Crippen LogP contribution in [0.1, 0.15) is 28.9 Å². The van der Waals surface area contributed by atoms with Gasteiger partial charge in [0.2, 0.25) is 10.0 Å². The predicted molar refractivity (Wildman–Crippen MR) is 114 cm³/mol. The maximum Gasteiger partial charge on any atom is 0.261 e. The van der Waals surface area contributed by atoms with E-state index in [1.165, 1.54) is 16.8 Å². The van der Waals surface area contributed by atoms with Crippen molar-refractivity contribution in [2.45, 2.75) is 37.1 Å². The number of likely N-dealkylation sites (tertiary alicyclic amines) is 1. The lowest BCUT2D eigenvalue weighted by Gasteiger charge is -2.13. The minimum Gasteiger partial charge on any atom is -0.291 e. The van der Waals surface area contributed by atoms with Gasteiger partial charge in [0.05, 0.1) is 17.1 Å². The van der Waals surface area contributed by atoms with E-state index in [2.05, 4.69) is 5.10 Å². The molecule has 170 valence electrons. The number of primary sulfonamides is 1. The quantitative estimate of drug-likeness (QED) is 0.606. The summed E-state index contributed by atoms with van der Waals surface area (Å²) in [5.74, 6) is -3.52. The van der Waals surface area contributed by atoms with Crippen LogP contribution in [0.25, 0.3) is 5.69 Å². The second-order valence-electron chi connectivity index (χ2n) is 8.18. The van der Waals surface area contributed by atoms with Gasteiger partial charge in [-0.05, 0) is 36.8 Å². The van der Waals surface area contributed by atoms with Crippen LogP contribution in [-0.4, -0.2) is 42.1 Å². The summed E-state index contributed by atoms with van der Waals surface area (Å²) in [7, 11) is -4.06. The van der Waals surface area contributed by atoms with Crippen LogP contribution in [0.2, 0.25) is 0 Å². The Kier molecular flexibility index (Phi) is 5.87. The molecule has 1 saturated heterocycles. The Bertz CT molecular complexity index is 1260. The second kappa shape index (κ2) is 8.34. The topological polar surface area (TPSA) is 81.2 Å². The number of nitrogens with zero attached hydrogens (tertiary/aromatic N) is 3. The Morgan fingerprint density at radius 3 is 2.56 bits per heavy atom. The van der Waals surface area contributed by atoms with Crippen LogP contribution in [0.4, 0.5) is 13.2 Å². The maximum atomic E-state index is 14.9. The number of rotatable bonds is 6. The van der Waals surface area contributed by atoms with E-state index >= 15 is 0 Å². The standard InChI is InChI=1S/C22H23F3N4O2S/c1-15-3-2-4-16(9-15)10-18-11-17(13-28-8-7-22(24,25)14-28)27-29(18)21-6-5-19(12-20(21)23)32(26,30)31/h2-6,9,11-12H,7-8,10,13-14H2,1H3,(H2,26,30,31). The second-order valence-corrected chi connectivity index (χ2v) is 9.74. The molecule has 0 unspecified atom stereocenters. The van der Waals surface area contributed by atoms with Crippen molar-refractivity contribution >= 4 is 10.0 Å². The van der Waals surface area contributed by atoms with E-state index in [-0.39, 0.29) is 36.6 Å². The molecule has 2 heterocycles. The molecule has 2 aromatic carbocycles. The smallest absolute Gasteiger partial charge is 0.261 e. The van der Waals surface area contributed by atoms with Crippen molar-refractivity contribution in [1.29, 1.82) is 0 Å². The van der Waals surface area contributed by atoms with Gasteiger partial charge in [-0.25, -0.2) is 31.4 Å². The molecule has 0 radical (unpaired) electrons. The zero-order chi connectivity index (χ0) is 23.1. The molecule has 0 amide bonds. The van der Waals surface area contributed by atoms with E-state index in [9.17, 15) is 21.6 Å². The van der Waals surface area contributed by atoms with Crippen molar-refractivity contribution in [3.63, 3.8) is 0 Å². The molecule has 1 aliphatic rings. The highest BCUT2D eigenvalue weighted by Gasteiger charge is 2.38. The minimum atomic E-state index is -4.06. The first-order chi connectivity index (χ1) is 15.0. The fourth-order valence-electron chi connectivity index (χ4n) is 3.93. The molecule has 1 aliphatic heterocycles. The molecule has 1 aromatic heterocycles. The summed E-state index contributed by atoms with van der Waals surface area (Å²) in [6.45, 7) is 2.08. The fraction of sp³-hybridized carbons (Fsp3) is 0.318. The number of nitrogens with two attached hydrogens (primary N) is 1. The number of aromatic nitrogens is 2. The van der Waals surface area contributed by atoms with Crippen molar-refractivity contribution in [2.24, 2.45) is 5.14 Å². The zero-order valence-electron chi connectivity index (χ0n) is 17.4. The maximum absolute atomic E-state index is 14.9. The first-order valence-electron chi connectivity index (χ1n) is 10.1. The molecule has 0 atom stereocenters. The summed E-state index contributed by atoms with van der Waals surface area (Å²) in [5.41, 5.74) is 3.28. The lowest BCUT2D eigenvalue weighted by molar-refractivity contribution is 0.0114. The summed E-state index contributed by atoms with van der Waals surface area (Å²) in [5, 5.41) is 9.57. The van der Waals surface area contributed by atoms with Gasteiger partial charge in [0.15, 0.2) is 0 Å². The summed E-state index contributed by atoms with van der Waals surface area (Å²) in [4.78, 5) is 1.27. The number of hydrogen-bond donors (Lipinski definition) is 1. The number of benzene rings is 2. The van der Waals surface area contributed by atoms with E-state index in [1.54, 1.807) is 11.0 Å². The van der Waals surface area contributed by atoms with Gasteiger partial charge in [-0.15, -0.1) is 0 Å². The largest absolute Gasteiger partial charge is 0.291 e. The van der Waals surface area contributed by atoms with E-state index in [1.807, 2.05) is 31.2 Å². The van der Waals surface area contributed by atoms with Crippen LogP contribution in [0, 0.1) is 12.7 Å². The number of halogens is 3. The van der Waals surface area contributed by atoms with Crippen LogP contribution >= 0.6 is 0 Å². The van der Waals surface area contributed by atoms with E-state index in [0.717, 1.165) is 17.2 Å². The highest BCUT2D eigenvalue weighted by atomic mass is 32.2. The molecule has 3 aromatic rings. The fourth-order valence-corrected chi connectivity index (χ4v) is 4.45. The molecular weight excluding hydrogens is 441 g/mol. The molecular formula is C22H23F3N4O2S. The first kappa shape index (κ1) is 22.5. The summed E-state index contributed by atoms with van der Waals surface area (Å²) in [6.07, 6.45) is 0.231. The van der Waals surface area contributed by atoms with Crippen LogP contribution in [0.5, 0.6) is 0 Å². The van der Waals surface area contributed by atoms with Gasteiger partial charge in [0.1, 0.15) is 11.5 Å². The van der Waals surface area contributed by atoms with Crippen molar-refractivity contribution < 1.29 is 21.6 Å². The molecule has 0 spiro atoms. The molecule has 0 bridgehead atoms. The van der Waals surface area contributed by atoms with Crippen LogP contribution in [0.3, 0.4) is 0 Å². The average Bonchev–Trinajstić information content (AvgIpc) is 3.23. The third-order valence-electron chi connectivity index (χ3n) is 5.41. The molecule has 0 saturated carbocycles. The first-order valence-corrected chi connectivity index (χ1v) is 11.6. The van der Waals surface area contributed by atoms with E-state index in [4.69, 9.17) is 5.14 Å². The number of alkyl halides is 2. The minimum absolute atomic E-state index is 0.0538. The Balaban J connectivity index is 1.71. The lowest BCUT2D eigenvalue weighted by Crippen LogP contribution is -2.25. The van der Waals surface area contributed by atoms with Crippen molar-refractivity contribution in [3.05, 3.63) is 76.9 Å². The van der Waals surface area contributed by atoms with Crippen molar-refractivity contribution in [3.8, 4) is 5.69 Å². The number of hydrogen-bond acceptors (Lipinski definition) is 4. The van der Waals surface area contributed by atoms with Crippen LogP contribution in [0.15, 0.2) is 53.4 Å². The van der Waals surface area contributed by atoms with Crippen molar-refractivity contribution in [2.75, 3.05) is 13.1 Å². The normalized spacial score (nSPS) is 16.5. The number of sulfonamides is 1. The molecule has 1 fully saturated rings. The van der Waals surface area contributed by atoms with Gasteiger partial charge < -0.3 is 0 Å². The third-order valence-corrected chi connectivity index (χ3v) is 6.32. The van der Waals surface area contributed by atoms with E-state index < -0.39 is 21.8 Å². The predicted octanol–water partition coefficient (Wildman–Crippen LogP) is 3.40. The molecule has 0 aliphatic carbocycles. The highest BCUT2D eigenvalue weighted by molar-refractivity contribution is 7.89. The monoisotopic (exact) mass is 464 g/mol. The Labute approximate surface area is 184 Å². The molecule has 2 N–H and O–H groups in total. The van der Waals surface area contributed by atoms with Gasteiger partial charge >= 0.3 is 0 Å². The molecule has 6 nitrogen and oxygen atoms in total. The SMILES string of the molecule is Cc1cccc(Cc2cc(CN3CCC(F)(F)C3)nn2-c2ccc(S(N)(=O)=O)cc2F)c1. The van der Waals surface area contributed by atoms with E-state index in [0.29, 0.717) is 17.8 Å². The average molecular weight is 465 g/mol. The third kappa shape index (κ3) is 5.03. The van der Waals surface area contributed by atoms with Gasteiger partial charge in [-0.2, -0.15) is 5.10 Å². The summed E-state index contributed by atoms with van der Waals surface area (Å²) >= 11 is 0. The van der Waals surface area contributed by atoms with Gasteiger partial charge in [-0.3, -0.25) is 4.90 Å². The van der Waals surface area contributed by atoms with Crippen LogP contribution < -0.4 is 5.14 Å². The van der Waals surface area contributed by atoms with Gasteiger partial charge in [0, 0.05) is 31.6 Å². The zero-order valence-corrected chi connectivity index (χ0v) is 18.2. The molecule has 4 rings (SSSR count). The summed E-state index contributed by atoms with van der Waals surface area (Å²) in [6, 6.07) is 13.0. The van der Waals surface area contributed by atoms with Crippen LogP contribution in [-0.2, 0) is 23.0 Å². The Morgan fingerprint density at radius 2 is 1.94 bits per heavy atom. The van der Waals surface area contributed by atoms with Gasteiger partial charge in [0.25, 0.3) is 5.92 Å². The lowest BCUT2D eigenvalue weighted by atomic mass is 10.1. The Hall–Kier alpha value is -2.69. The van der Waals surface area contributed by atoms with Crippen molar-refractivity contribution in [1.82, 2.24) is 14.7 Å². The highest BCUT2D eigenvalue weighted by Crippen LogP contribution is 2.28. The number of aryl methyl sites for hydroxylation is 1. The van der Waals surface area contributed by atoms with Gasteiger partial charge in [-0.1, -0.05) is 29.8 Å². The molecule has 10 heteroatoms. The Morgan fingerprint density at radius 1 is 1.16 bits per heavy atom.